The van der Waals surface area contributed by atoms with E-state index >= 15 is 0 Å². The van der Waals surface area contributed by atoms with Crippen molar-refractivity contribution < 1.29 is 5.11 Å². The molecule has 1 fully saturated rings. The summed E-state index contributed by atoms with van der Waals surface area (Å²) in [4.78, 5) is 2.47. The Kier molecular flexibility index (Phi) is 10.5. The monoisotopic (exact) mass is 462 g/mol. The van der Waals surface area contributed by atoms with Crippen LogP contribution in [0.25, 0.3) is 0 Å². The van der Waals surface area contributed by atoms with Crippen molar-refractivity contribution in [3.63, 3.8) is 0 Å². The number of rotatable bonds is 4. The molecule has 0 spiro atoms. The van der Waals surface area contributed by atoms with E-state index in [1.54, 1.807) is 6.07 Å². The lowest BCUT2D eigenvalue weighted by Gasteiger charge is -2.36. The van der Waals surface area contributed by atoms with E-state index in [-0.39, 0.29) is 30.9 Å². The molecule has 1 heterocycles. The Bertz CT molecular complexity index is 420. The van der Waals surface area contributed by atoms with Crippen LogP contribution < -0.4 is 5.32 Å². The molecule has 1 atom stereocenters. The summed E-state index contributed by atoms with van der Waals surface area (Å²) < 4.78 is 1.88. The van der Waals surface area contributed by atoms with Crippen molar-refractivity contribution in [1.29, 1.82) is 0 Å². The molecule has 7 heteroatoms. The minimum Gasteiger partial charge on any atom is -0.508 e. The number of nitrogens with zero attached hydrogens (tertiary/aromatic N) is 1. The Morgan fingerprint density at radius 3 is 2.38 bits per heavy atom. The van der Waals surface area contributed by atoms with E-state index < -0.39 is 0 Å². The summed E-state index contributed by atoms with van der Waals surface area (Å²) in [7, 11) is 0. The summed E-state index contributed by atoms with van der Waals surface area (Å²) in [6.45, 7) is 6.31. The zero-order valence-corrected chi connectivity index (χ0v) is 16.7. The van der Waals surface area contributed by atoms with Crippen molar-refractivity contribution in [2.45, 2.75) is 25.8 Å². The molecule has 0 bridgehead atoms. The molecule has 0 amide bonds. The molecule has 21 heavy (non-hydrogen) atoms. The molecule has 122 valence electrons. The molecule has 0 unspecified atom stereocenters. The Hall–Kier alpha value is 0.480. The SMILES string of the molecule is CCC[C@@H](c1c(O)cc(Br)cc1Br)N1CCNCC1.Cl.Cl. The lowest BCUT2D eigenvalue weighted by Crippen LogP contribution is -2.45. The average Bonchev–Trinajstić information content (AvgIpc) is 2.37. The minimum atomic E-state index is 0. The van der Waals surface area contributed by atoms with Crippen LogP contribution in [0.5, 0.6) is 5.75 Å². The number of benzene rings is 1. The van der Waals surface area contributed by atoms with Gasteiger partial charge in [-0.3, -0.25) is 4.90 Å². The van der Waals surface area contributed by atoms with E-state index in [9.17, 15) is 5.11 Å². The lowest BCUT2D eigenvalue weighted by molar-refractivity contribution is 0.161. The predicted molar refractivity (Wildman–Crippen MR) is 100 cm³/mol. The maximum absolute atomic E-state index is 10.3. The Morgan fingerprint density at radius 2 is 1.86 bits per heavy atom. The fourth-order valence-corrected chi connectivity index (χ4v) is 4.14. The van der Waals surface area contributed by atoms with Crippen LogP contribution >= 0.6 is 56.7 Å². The first-order chi connectivity index (χ1) is 9.13. The van der Waals surface area contributed by atoms with E-state index in [1.165, 1.54) is 0 Å². The fraction of sp³-hybridized carbons (Fsp3) is 0.571. The molecule has 1 aromatic carbocycles. The molecule has 0 saturated carbocycles. The molecule has 1 aliphatic rings. The van der Waals surface area contributed by atoms with Gasteiger partial charge in [-0.25, -0.2) is 0 Å². The Morgan fingerprint density at radius 1 is 1.24 bits per heavy atom. The van der Waals surface area contributed by atoms with Crippen molar-refractivity contribution in [2.24, 2.45) is 0 Å². The topological polar surface area (TPSA) is 35.5 Å². The minimum absolute atomic E-state index is 0. The smallest absolute Gasteiger partial charge is 0.122 e. The second kappa shape index (κ2) is 10.3. The van der Waals surface area contributed by atoms with Crippen LogP contribution in [0.4, 0.5) is 0 Å². The molecular formula is C14H22Br2Cl2N2O. The van der Waals surface area contributed by atoms with Gasteiger partial charge >= 0.3 is 0 Å². The van der Waals surface area contributed by atoms with Gasteiger partial charge in [-0.2, -0.15) is 0 Å². The van der Waals surface area contributed by atoms with Crippen LogP contribution in [0.2, 0.25) is 0 Å². The summed E-state index contributed by atoms with van der Waals surface area (Å²) in [6.07, 6.45) is 2.17. The van der Waals surface area contributed by atoms with E-state index in [4.69, 9.17) is 0 Å². The van der Waals surface area contributed by atoms with Crippen molar-refractivity contribution >= 4 is 56.7 Å². The summed E-state index contributed by atoms with van der Waals surface area (Å²) in [5.74, 6) is 0.373. The number of halogens is 4. The van der Waals surface area contributed by atoms with Crippen LogP contribution in [0.3, 0.4) is 0 Å². The molecule has 3 nitrogen and oxygen atoms in total. The standard InChI is InChI=1S/C14H20Br2N2O.2ClH/c1-2-3-12(18-6-4-17-5-7-18)14-11(16)8-10(15)9-13(14)19;;/h8-9,12,17,19H,2-7H2,1H3;2*1H/t12-;;/m0../s1. The van der Waals surface area contributed by atoms with Crippen LogP contribution in [-0.2, 0) is 0 Å². The number of hydrogen-bond donors (Lipinski definition) is 2. The normalized spacial score (nSPS) is 16.7. The molecule has 1 aliphatic heterocycles. The molecule has 1 aromatic rings. The first-order valence-electron chi connectivity index (χ1n) is 6.76. The molecule has 0 aromatic heterocycles. The third-order valence-electron chi connectivity index (χ3n) is 3.56. The highest BCUT2D eigenvalue weighted by Crippen LogP contribution is 2.39. The zero-order valence-electron chi connectivity index (χ0n) is 11.9. The summed E-state index contributed by atoms with van der Waals surface area (Å²) >= 11 is 7.02. The number of hydrogen-bond acceptors (Lipinski definition) is 3. The van der Waals surface area contributed by atoms with E-state index in [0.717, 1.165) is 53.5 Å². The van der Waals surface area contributed by atoms with Gasteiger partial charge < -0.3 is 10.4 Å². The van der Waals surface area contributed by atoms with Crippen molar-refractivity contribution in [2.75, 3.05) is 26.2 Å². The largest absolute Gasteiger partial charge is 0.508 e. The van der Waals surface area contributed by atoms with Gasteiger partial charge in [0.05, 0.1) is 0 Å². The van der Waals surface area contributed by atoms with E-state index in [1.807, 2.05) is 6.07 Å². The molecular weight excluding hydrogens is 443 g/mol. The maximum Gasteiger partial charge on any atom is 0.122 e. The number of nitrogens with one attached hydrogen (secondary N) is 1. The molecule has 2 rings (SSSR count). The molecule has 0 radical (unpaired) electrons. The van der Waals surface area contributed by atoms with Crippen LogP contribution in [0.15, 0.2) is 21.1 Å². The lowest BCUT2D eigenvalue weighted by atomic mass is 9.99. The number of phenolic OH excluding ortho intramolecular Hbond substituents is 1. The summed E-state index contributed by atoms with van der Waals surface area (Å²) in [5, 5.41) is 13.7. The van der Waals surface area contributed by atoms with E-state index in [2.05, 4.69) is 49.0 Å². The first kappa shape index (κ1) is 21.5. The van der Waals surface area contributed by atoms with Crippen LogP contribution in [-0.4, -0.2) is 36.2 Å². The molecule has 0 aliphatic carbocycles. The quantitative estimate of drug-likeness (QED) is 0.688. The van der Waals surface area contributed by atoms with Gasteiger partial charge in [-0.15, -0.1) is 24.8 Å². The van der Waals surface area contributed by atoms with Crippen molar-refractivity contribution in [3.8, 4) is 5.75 Å². The highest BCUT2D eigenvalue weighted by atomic mass is 79.9. The van der Waals surface area contributed by atoms with Gasteiger partial charge in [-0.1, -0.05) is 45.2 Å². The predicted octanol–water partition coefficient (Wildman–Crippen LogP) is 4.51. The number of aromatic hydroxyl groups is 1. The molecule has 2 N–H and O–H groups in total. The van der Waals surface area contributed by atoms with Gasteiger partial charge in [-0.05, 0) is 18.6 Å². The second-order valence-corrected chi connectivity index (χ2v) is 6.68. The van der Waals surface area contributed by atoms with Gasteiger partial charge in [0.1, 0.15) is 5.75 Å². The Labute approximate surface area is 155 Å². The van der Waals surface area contributed by atoms with Crippen LogP contribution in [0.1, 0.15) is 31.4 Å². The van der Waals surface area contributed by atoms with Gasteiger partial charge in [0.2, 0.25) is 0 Å². The average molecular weight is 465 g/mol. The summed E-state index contributed by atoms with van der Waals surface area (Å²) in [5.41, 5.74) is 1.02. The Balaban J connectivity index is 0.00000200. The van der Waals surface area contributed by atoms with E-state index in [0.29, 0.717) is 5.75 Å². The fourth-order valence-electron chi connectivity index (χ4n) is 2.68. The number of phenols is 1. The van der Waals surface area contributed by atoms with Crippen molar-refractivity contribution in [3.05, 3.63) is 26.6 Å². The zero-order chi connectivity index (χ0) is 13.8. The maximum atomic E-state index is 10.3. The number of piperazine rings is 1. The van der Waals surface area contributed by atoms with Crippen LogP contribution in [0, 0.1) is 0 Å². The van der Waals surface area contributed by atoms with Gasteiger partial charge in [0.15, 0.2) is 0 Å². The van der Waals surface area contributed by atoms with Gasteiger partial charge in [0.25, 0.3) is 0 Å². The second-order valence-electron chi connectivity index (χ2n) is 4.91. The molecule has 1 saturated heterocycles. The summed E-state index contributed by atoms with van der Waals surface area (Å²) in [6, 6.07) is 4.08. The highest BCUT2D eigenvalue weighted by Gasteiger charge is 2.25. The van der Waals surface area contributed by atoms with Gasteiger partial charge in [0, 0.05) is 46.7 Å². The van der Waals surface area contributed by atoms with Crippen molar-refractivity contribution in [1.82, 2.24) is 10.2 Å². The first-order valence-corrected chi connectivity index (χ1v) is 8.34. The third kappa shape index (κ3) is 5.56. The highest BCUT2D eigenvalue weighted by molar-refractivity contribution is 9.11. The third-order valence-corrected chi connectivity index (χ3v) is 4.67.